The number of fused-ring (bicyclic) bond motifs is 1. The maximum Gasteiger partial charge on any atom is 0.289 e. The van der Waals surface area contributed by atoms with E-state index in [-0.39, 0.29) is 24.2 Å². The highest BCUT2D eigenvalue weighted by Gasteiger charge is 2.40. The van der Waals surface area contributed by atoms with E-state index in [1.54, 1.807) is 22.0 Å². The van der Waals surface area contributed by atoms with Crippen LogP contribution in [0.3, 0.4) is 0 Å². The molecule has 3 aromatic rings. The normalized spacial score (nSPS) is 21.4. The van der Waals surface area contributed by atoms with Crippen molar-refractivity contribution in [1.82, 2.24) is 19.7 Å². The van der Waals surface area contributed by atoms with Crippen LogP contribution in [0.1, 0.15) is 33.5 Å². The molecule has 0 saturated carbocycles. The van der Waals surface area contributed by atoms with Crippen LogP contribution in [0.4, 0.5) is 0 Å². The van der Waals surface area contributed by atoms with Gasteiger partial charge in [-0.15, -0.1) is 0 Å². The van der Waals surface area contributed by atoms with Gasteiger partial charge in [-0.2, -0.15) is 5.10 Å². The van der Waals surface area contributed by atoms with Gasteiger partial charge in [-0.3, -0.25) is 4.79 Å². The van der Waals surface area contributed by atoms with Gasteiger partial charge in [0.1, 0.15) is 49.0 Å². The van der Waals surface area contributed by atoms with Crippen LogP contribution >= 0.6 is 0 Å². The molecule has 168 valence electrons. The van der Waals surface area contributed by atoms with Crippen LogP contribution in [0.2, 0.25) is 0 Å². The number of hydrogen-bond donors (Lipinski definition) is 0. The second kappa shape index (κ2) is 8.76. The van der Waals surface area contributed by atoms with E-state index >= 15 is 0 Å². The first kappa shape index (κ1) is 20.7. The van der Waals surface area contributed by atoms with Crippen LogP contribution in [0.25, 0.3) is 0 Å². The number of carbonyl (C=O) groups is 1. The monoisotopic (exact) mass is 438 g/mol. The third-order valence-corrected chi connectivity index (χ3v) is 5.97. The Morgan fingerprint density at radius 2 is 1.84 bits per heavy atom. The van der Waals surface area contributed by atoms with E-state index in [9.17, 15) is 4.79 Å². The molecule has 2 aliphatic rings. The predicted molar refractivity (Wildman–Crippen MR) is 113 cm³/mol. The second-order valence-electron chi connectivity index (χ2n) is 8.28. The first-order valence-corrected chi connectivity index (χ1v) is 10.7. The second-order valence-corrected chi connectivity index (χ2v) is 8.28. The number of hydrogen-bond acceptors (Lipinski definition) is 7. The van der Waals surface area contributed by atoms with E-state index in [1.807, 2.05) is 38.1 Å². The molecule has 32 heavy (non-hydrogen) atoms. The average molecular weight is 438 g/mol. The van der Waals surface area contributed by atoms with Crippen LogP contribution in [0, 0.1) is 13.8 Å². The number of aryl methyl sites for hydroxylation is 2. The number of furan rings is 1. The number of aromatic nitrogens is 3. The zero-order valence-corrected chi connectivity index (χ0v) is 18.1. The molecule has 1 aromatic carbocycles. The standard InChI is InChI=1S/C23H26N4O5/c1-15-3-5-19(6-4-15)29-10-17-7-20(32-16(17)2)23(28)26-8-21-22(9-26)31-12-18(11-30-21)27-14-24-13-25-27/h3-7,13-14,18,21-22H,8-12H2,1-2H3/t21-,22-/m0/s1. The van der Waals surface area contributed by atoms with Gasteiger partial charge in [-0.05, 0) is 32.0 Å². The average Bonchev–Trinajstić information content (AvgIpc) is 3.52. The van der Waals surface area contributed by atoms with Crippen LogP contribution in [0.5, 0.6) is 5.75 Å². The van der Waals surface area contributed by atoms with E-state index in [0.29, 0.717) is 44.4 Å². The minimum absolute atomic E-state index is 0.0175. The summed E-state index contributed by atoms with van der Waals surface area (Å²) in [5.74, 6) is 1.60. The Hall–Kier alpha value is -3.17. The van der Waals surface area contributed by atoms with Crippen molar-refractivity contribution in [3.05, 3.63) is 65.6 Å². The summed E-state index contributed by atoms with van der Waals surface area (Å²) in [5, 5.41) is 4.17. The lowest BCUT2D eigenvalue weighted by molar-refractivity contribution is -0.00461. The fourth-order valence-electron chi connectivity index (χ4n) is 4.03. The summed E-state index contributed by atoms with van der Waals surface area (Å²) < 4.78 is 25.4. The topological polar surface area (TPSA) is 91.8 Å². The number of benzene rings is 1. The maximum atomic E-state index is 13.1. The fourth-order valence-corrected chi connectivity index (χ4v) is 4.03. The molecule has 0 spiro atoms. The Bertz CT molecular complexity index is 1050. The van der Waals surface area contributed by atoms with E-state index in [0.717, 1.165) is 11.3 Å². The molecular weight excluding hydrogens is 412 g/mol. The SMILES string of the molecule is Cc1ccc(OCc2cc(C(=O)N3C[C@@H]4OCC(n5cncn5)CO[C@H]4C3)oc2C)cc1. The lowest BCUT2D eigenvalue weighted by Gasteiger charge is -2.17. The number of rotatable bonds is 5. The molecule has 2 atom stereocenters. The minimum Gasteiger partial charge on any atom is -0.489 e. The van der Waals surface area contributed by atoms with Gasteiger partial charge in [0.25, 0.3) is 5.91 Å². The Labute approximate surface area is 185 Å². The first-order valence-electron chi connectivity index (χ1n) is 10.7. The molecule has 2 fully saturated rings. The van der Waals surface area contributed by atoms with Gasteiger partial charge in [0.05, 0.1) is 26.3 Å². The quantitative estimate of drug-likeness (QED) is 0.604. The van der Waals surface area contributed by atoms with E-state index in [4.69, 9.17) is 18.6 Å². The number of ether oxygens (including phenoxy) is 3. The Balaban J connectivity index is 1.19. The fraction of sp³-hybridized carbons (Fsp3) is 0.435. The van der Waals surface area contributed by atoms with Gasteiger partial charge in [-0.1, -0.05) is 17.7 Å². The largest absolute Gasteiger partial charge is 0.489 e. The lowest BCUT2D eigenvalue weighted by Crippen LogP contribution is -2.31. The van der Waals surface area contributed by atoms with Crippen molar-refractivity contribution in [3.8, 4) is 5.75 Å². The third kappa shape index (κ3) is 4.26. The number of amides is 1. The highest BCUT2D eigenvalue weighted by molar-refractivity contribution is 5.92. The summed E-state index contributed by atoms with van der Waals surface area (Å²) in [4.78, 5) is 18.8. The molecular formula is C23H26N4O5. The zero-order chi connectivity index (χ0) is 22.1. The molecule has 9 heteroatoms. The number of carbonyl (C=O) groups excluding carboxylic acids is 1. The number of likely N-dealkylation sites (tertiary alicyclic amines) is 1. The highest BCUT2D eigenvalue weighted by atomic mass is 16.6. The predicted octanol–water partition coefficient (Wildman–Crippen LogP) is 2.55. The highest BCUT2D eigenvalue weighted by Crippen LogP contribution is 2.26. The molecule has 0 N–H and O–H groups in total. The van der Waals surface area contributed by atoms with Crippen molar-refractivity contribution in [2.24, 2.45) is 0 Å². The summed E-state index contributed by atoms with van der Waals surface area (Å²) in [5.41, 5.74) is 2.03. The van der Waals surface area contributed by atoms with Crippen LogP contribution < -0.4 is 4.74 Å². The first-order chi connectivity index (χ1) is 15.6. The lowest BCUT2D eigenvalue weighted by atomic mass is 10.2. The molecule has 9 nitrogen and oxygen atoms in total. The van der Waals surface area contributed by atoms with Gasteiger partial charge in [0.2, 0.25) is 0 Å². The molecule has 2 saturated heterocycles. The van der Waals surface area contributed by atoms with Crippen molar-refractivity contribution in [1.29, 1.82) is 0 Å². The van der Waals surface area contributed by atoms with Crippen molar-refractivity contribution >= 4 is 5.91 Å². The Kier molecular flexibility index (Phi) is 5.67. The summed E-state index contributed by atoms with van der Waals surface area (Å²) in [6, 6.07) is 9.61. The third-order valence-electron chi connectivity index (χ3n) is 5.97. The van der Waals surface area contributed by atoms with Crippen LogP contribution in [0.15, 0.2) is 47.4 Å². The van der Waals surface area contributed by atoms with Gasteiger partial charge in [-0.25, -0.2) is 9.67 Å². The van der Waals surface area contributed by atoms with Crippen molar-refractivity contribution in [2.45, 2.75) is 38.7 Å². The number of nitrogens with zero attached hydrogens (tertiary/aromatic N) is 4. The molecule has 2 aromatic heterocycles. The summed E-state index contributed by atoms with van der Waals surface area (Å²) >= 11 is 0. The van der Waals surface area contributed by atoms with Crippen LogP contribution in [-0.2, 0) is 16.1 Å². The van der Waals surface area contributed by atoms with Crippen molar-refractivity contribution < 1.29 is 23.4 Å². The molecule has 0 aliphatic carbocycles. The molecule has 1 amide bonds. The van der Waals surface area contributed by atoms with Gasteiger partial charge in [0.15, 0.2) is 5.76 Å². The summed E-state index contributed by atoms with van der Waals surface area (Å²) in [7, 11) is 0. The van der Waals surface area contributed by atoms with Gasteiger partial charge >= 0.3 is 0 Å². The maximum absolute atomic E-state index is 13.1. The van der Waals surface area contributed by atoms with Gasteiger partial charge in [0, 0.05) is 5.56 Å². The van der Waals surface area contributed by atoms with E-state index < -0.39 is 0 Å². The van der Waals surface area contributed by atoms with Gasteiger partial charge < -0.3 is 23.5 Å². The summed E-state index contributed by atoms with van der Waals surface area (Å²) in [6.07, 6.45) is 2.81. The van der Waals surface area contributed by atoms with Crippen molar-refractivity contribution in [2.75, 3.05) is 26.3 Å². The molecule has 0 unspecified atom stereocenters. The van der Waals surface area contributed by atoms with E-state index in [1.165, 1.54) is 11.9 Å². The zero-order valence-electron chi connectivity index (χ0n) is 18.1. The summed E-state index contributed by atoms with van der Waals surface area (Å²) in [6.45, 7) is 6.07. The van der Waals surface area contributed by atoms with Crippen molar-refractivity contribution in [3.63, 3.8) is 0 Å². The molecule has 0 bridgehead atoms. The molecule has 2 aliphatic heterocycles. The smallest absolute Gasteiger partial charge is 0.289 e. The Morgan fingerprint density at radius 1 is 1.12 bits per heavy atom. The molecule has 4 heterocycles. The van der Waals surface area contributed by atoms with E-state index in [2.05, 4.69) is 10.1 Å². The minimum atomic E-state index is -0.173. The molecule has 5 rings (SSSR count). The molecule has 0 radical (unpaired) electrons. The van der Waals surface area contributed by atoms with Crippen LogP contribution in [-0.4, -0.2) is 64.1 Å². The Morgan fingerprint density at radius 3 is 2.50 bits per heavy atom.